The normalized spacial score (nSPS) is 21.5. The zero-order valence-corrected chi connectivity index (χ0v) is 17.7. The molecule has 0 radical (unpaired) electrons. The molecular formula is C23H25ClN2O4. The third kappa shape index (κ3) is 4.45. The molecule has 158 valence electrons. The summed E-state index contributed by atoms with van der Waals surface area (Å²) in [5.74, 6) is -0.0485. The second kappa shape index (κ2) is 9.06. The van der Waals surface area contributed by atoms with E-state index >= 15 is 0 Å². The van der Waals surface area contributed by atoms with Crippen molar-refractivity contribution in [2.24, 2.45) is 5.92 Å². The number of hydrogen-bond donors (Lipinski definition) is 0. The van der Waals surface area contributed by atoms with Gasteiger partial charge >= 0.3 is 5.97 Å². The van der Waals surface area contributed by atoms with E-state index in [4.69, 9.17) is 21.1 Å². The van der Waals surface area contributed by atoms with Crippen LogP contribution >= 0.6 is 11.6 Å². The third-order valence-electron chi connectivity index (χ3n) is 5.68. The van der Waals surface area contributed by atoms with E-state index in [0.29, 0.717) is 18.0 Å². The molecule has 2 unspecified atom stereocenters. The lowest BCUT2D eigenvalue weighted by atomic mass is 9.95. The van der Waals surface area contributed by atoms with E-state index in [1.165, 1.54) is 12.7 Å². The van der Waals surface area contributed by atoms with Crippen molar-refractivity contribution in [3.05, 3.63) is 59.1 Å². The van der Waals surface area contributed by atoms with E-state index in [9.17, 15) is 9.59 Å². The van der Waals surface area contributed by atoms with Crippen LogP contribution in [0.15, 0.2) is 48.5 Å². The van der Waals surface area contributed by atoms with Crippen LogP contribution in [0.4, 0.5) is 5.69 Å². The number of benzene rings is 2. The quantitative estimate of drug-likeness (QED) is 0.697. The number of methoxy groups -OCH3 is 1. The lowest BCUT2D eigenvalue weighted by Crippen LogP contribution is -2.51. The summed E-state index contributed by atoms with van der Waals surface area (Å²) in [5, 5.41) is 0.719. The lowest BCUT2D eigenvalue weighted by Gasteiger charge is -2.38. The molecule has 0 spiro atoms. The standard InChI is InChI=1S/C23H25ClN2O4/c1-29-23(28)21-15-26(19-6-2-3-7-20(19)30-21)22(27)17-5-4-12-25(14-17)13-16-8-10-18(24)11-9-16/h2-3,6-11,17,21H,4-5,12-15H2,1H3. The average Bonchev–Trinajstić information content (AvgIpc) is 2.79. The first-order valence-corrected chi connectivity index (χ1v) is 10.5. The summed E-state index contributed by atoms with van der Waals surface area (Å²) in [7, 11) is 1.33. The predicted molar refractivity (Wildman–Crippen MR) is 115 cm³/mol. The molecule has 2 heterocycles. The van der Waals surface area contributed by atoms with Crippen molar-refractivity contribution >= 4 is 29.2 Å². The number of para-hydroxylation sites is 2. The molecule has 2 atom stereocenters. The number of halogens is 1. The van der Waals surface area contributed by atoms with Gasteiger partial charge in [0.15, 0.2) is 0 Å². The molecule has 6 nitrogen and oxygen atoms in total. The highest BCUT2D eigenvalue weighted by Gasteiger charge is 2.38. The Morgan fingerprint density at radius 2 is 1.90 bits per heavy atom. The average molecular weight is 429 g/mol. The SMILES string of the molecule is COC(=O)C1CN(C(=O)C2CCCN(Cc3ccc(Cl)cc3)C2)c2ccccc2O1. The molecule has 0 bridgehead atoms. The smallest absolute Gasteiger partial charge is 0.348 e. The minimum absolute atomic E-state index is 0.0282. The van der Waals surface area contributed by atoms with Crippen LogP contribution in [0, 0.1) is 5.92 Å². The van der Waals surface area contributed by atoms with Crippen LogP contribution < -0.4 is 9.64 Å². The van der Waals surface area contributed by atoms with Gasteiger partial charge in [-0.3, -0.25) is 9.69 Å². The molecule has 1 amide bonds. The van der Waals surface area contributed by atoms with Crippen LogP contribution in [0.3, 0.4) is 0 Å². The molecule has 7 heteroatoms. The number of fused-ring (bicyclic) bond motifs is 1. The van der Waals surface area contributed by atoms with Crippen LogP contribution in [0.25, 0.3) is 0 Å². The number of amides is 1. The molecule has 0 aliphatic carbocycles. The molecule has 1 fully saturated rings. The van der Waals surface area contributed by atoms with Crippen molar-refractivity contribution < 1.29 is 19.1 Å². The third-order valence-corrected chi connectivity index (χ3v) is 5.93. The first-order valence-electron chi connectivity index (χ1n) is 10.2. The summed E-state index contributed by atoms with van der Waals surface area (Å²) in [6, 6.07) is 15.2. The molecule has 4 rings (SSSR count). The summed E-state index contributed by atoms with van der Waals surface area (Å²) < 4.78 is 10.6. The number of nitrogens with zero attached hydrogens (tertiary/aromatic N) is 2. The molecule has 0 N–H and O–H groups in total. The number of ether oxygens (including phenoxy) is 2. The largest absolute Gasteiger partial charge is 0.475 e. The molecule has 30 heavy (non-hydrogen) atoms. The molecule has 2 aromatic carbocycles. The van der Waals surface area contributed by atoms with Crippen molar-refractivity contribution in [3.8, 4) is 5.75 Å². The first-order chi connectivity index (χ1) is 14.5. The van der Waals surface area contributed by atoms with Gasteiger partial charge in [0.05, 0.1) is 25.3 Å². The summed E-state index contributed by atoms with van der Waals surface area (Å²) in [5.41, 5.74) is 1.88. The van der Waals surface area contributed by atoms with Crippen LogP contribution in [-0.4, -0.2) is 49.6 Å². The maximum absolute atomic E-state index is 13.5. The van der Waals surface area contributed by atoms with Gasteiger partial charge in [0, 0.05) is 18.1 Å². The predicted octanol–water partition coefficient (Wildman–Crippen LogP) is 3.52. The van der Waals surface area contributed by atoms with Crippen LogP contribution in [0.1, 0.15) is 18.4 Å². The Hall–Kier alpha value is -2.57. The fourth-order valence-corrected chi connectivity index (χ4v) is 4.29. The Balaban J connectivity index is 1.49. The van der Waals surface area contributed by atoms with Crippen LogP contribution in [-0.2, 0) is 20.9 Å². The van der Waals surface area contributed by atoms with Gasteiger partial charge < -0.3 is 14.4 Å². The van der Waals surface area contributed by atoms with Gasteiger partial charge in [-0.15, -0.1) is 0 Å². The zero-order chi connectivity index (χ0) is 21.1. The molecule has 2 aliphatic heterocycles. The Morgan fingerprint density at radius 3 is 2.67 bits per heavy atom. The van der Waals surface area contributed by atoms with Crippen molar-refractivity contribution in [1.82, 2.24) is 4.90 Å². The van der Waals surface area contributed by atoms with E-state index in [1.54, 1.807) is 11.0 Å². The number of likely N-dealkylation sites (tertiary alicyclic amines) is 1. The van der Waals surface area contributed by atoms with Gasteiger partial charge in [0.1, 0.15) is 5.75 Å². The van der Waals surface area contributed by atoms with Gasteiger partial charge in [-0.05, 0) is 49.2 Å². The maximum Gasteiger partial charge on any atom is 0.348 e. The van der Waals surface area contributed by atoms with Crippen LogP contribution in [0.2, 0.25) is 5.02 Å². The fraction of sp³-hybridized carbons (Fsp3) is 0.391. The van der Waals surface area contributed by atoms with E-state index in [1.807, 2.05) is 42.5 Å². The molecule has 0 aromatic heterocycles. The number of anilines is 1. The fourth-order valence-electron chi connectivity index (χ4n) is 4.17. The highest BCUT2D eigenvalue weighted by molar-refractivity contribution is 6.30. The van der Waals surface area contributed by atoms with E-state index < -0.39 is 12.1 Å². The zero-order valence-electron chi connectivity index (χ0n) is 16.9. The lowest BCUT2D eigenvalue weighted by molar-refractivity contribution is -0.148. The molecule has 0 saturated carbocycles. The molecule has 1 saturated heterocycles. The molecule has 2 aliphatic rings. The van der Waals surface area contributed by atoms with Gasteiger partial charge in [0.2, 0.25) is 12.0 Å². The first kappa shape index (κ1) is 20.7. The number of piperidine rings is 1. The van der Waals surface area contributed by atoms with Crippen molar-refractivity contribution in [2.75, 3.05) is 31.6 Å². The summed E-state index contributed by atoms with van der Waals surface area (Å²) >= 11 is 5.98. The summed E-state index contributed by atoms with van der Waals surface area (Å²) in [4.78, 5) is 29.6. The van der Waals surface area contributed by atoms with E-state index in [-0.39, 0.29) is 18.4 Å². The van der Waals surface area contributed by atoms with Gasteiger partial charge in [-0.1, -0.05) is 35.9 Å². The highest BCUT2D eigenvalue weighted by Crippen LogP contribution is 2.35. The Morgan fingerprint density at radius 1 is 1.13 bits per heavy atom. The van der Waals surface area contributed by atoms with Gasteiger partial charge in [0.25, 0.3) is 0 Å². The van der Waals surface area contributed by atoms with Crippen LogP contribution in [0.5, 0.6) is 5.75 Å². The minimum Gasteiger partial charge on any atom is -0.475 e. The highest BCUT2D eigenvalue weighted by atomic mass is 35.5. The number of rotatable bonds is 4. The number of esters is 1. The van der Waals surface area contributed by atoms with Crippen molar-refractivity contribution in [1.29, 1.82) is 0 Å². The second-order valence-electron chi connectivity index (χ2n) is 7.75. The topological polar surface area (TPSA) is 59.1 Å². The monoisotopic (exact) mass is 428 g/mol. The summed E-state index contributed by atoms with van der Waals surface area (Å²) in [6.45, 7) is 2.59. The molecular weight excluding hydrogens is 404 g/mol. The maximum atomic E-state index is 13.5. The Kier molecular flexibility index (Phi) is 6.25. The second-order valence-corrected chi connectivity index (χ2v) is 8.18. The Labute approximate surface area is 181 Å². The van der Waals surface area contributed by atoms with Gasteiger partial charge in [-0.2, -0.15) is 0 Å². The van der Waals surface area contributed by atoms with E-state index in [0.717, 1.165) is 31.0 Å². The Bertz CT molecular complexity index is 918. The van der Waals surface area contributed by atoms with Crippen molar-refractivity contribution in [2.45, 2.75) is 25.5 Å². The van der Waals surface area contributed by atoms with Crippen molar-refractivity contribution in [3.63, 3.8) is 0 Å². The molecule has 2 aromatic rings. The van der Waals surface area contributed by atoms with E-state index in [2.05, 4.69) is 4.90 Å². The minimum atomic E-state index is -0.817. The number of carbonyl (C=O) groups is 2. The number of carbonyl (C=O) groups excluding carboxylic acids is 2. The number of hydrogen-bond acceptors (Lipinski definition) is 5. The van der Waals surface area contributed by atoms with Gasteiger partial charge in [-0.25, -0.2) is 4.79 Å². The summed E-state index contributed by atoms with van der Waals surface area (Å²) in [6.07, 6.45) is 0.969.